The van der Waals surface area contributed by atoms with Crippen LogP contribution in [0.15, 0.2) is 6.20 Å². The highest BCUT2D eigenvalue weighted by molar-refractivity contribution is 7.19. The Kier molecular flexibility index (Phi) is 4.01. The Morgan fingerprint density at radius 3 is 2.88 bits per heavy atom. The molecule has 3 N–H and O–H groups in total. The van der Waals surface area contributed by atoms with Gasteiger partial charge in [0.1, 0.15) is 5.00 Å². The largest absolute Gasteiger partial charge is 0.389 e. The predicted octanol–water partition coefficient (Wildman–Crippen LogP) is 1.87. The van der Waals surface area contributed by atoms with E-state index in [1.54, 1.807) is 6.20 Å². The van der Waals surface area contributed by atoms with Crippen LogP contribution in [-0.2, 0) is 0 Å². The normalized spacial score (nSPS) is 18.8. The van der Waals surface area contributed by atoms with Gasteiger partial charge in [0.15, 0.2) is 5.13 Å². The van der Waals surface area contributed by atoms with Gasteiger partial charge >= 0.3 is 0 Å². The average Bonchev–Trinajstić information content (AvgIpc) is 2.73. The second-order valence-electron chi connectivity index (χ2n) is 4.33. The van der Waals surface area contributed by atoms with Crippen LogP contribution in [0.25, 0.3) is 0 Å². The summed E-state index contributed by atoms with van der Waals surface area (Å²) in [4.78, 5) is 6.72. The molecule has 0 amide bonds. The minimum absolute atomic E-state index is 0.781. The van der Waals surface area contributed by atoms with Gasteiger partial charge in [0.2, 0.25) is 0 Å². The number of hydrogen-bond acceptors (Lipinski definition) is 5. The van der Waals surface area contributed by atoms with Crippen LogP contribution in [-0.4, -0.2) is 36.1 Å². The fourth-order valence-corrected chi connectivity index (χ4v) is 2.70. The number of nitrogen functional groups attached to an aromatic ring is 1. The fourth-order valence-electron chi connectivity index (χ4n) is 2.11. The minimum Gasteiger partial charge on any atom is -0.389 e. The lowest BCUT2D eigenvalue weighted by Crippen LogP contribution is -2.35. The molecule has 0 atom stereocenters. The third-order valence-corrected chi connectivity index (χ3v) is 4.00. The van der Waals surface area contributed by atoms with E-state index in [0.717, 1.165) is 22.6 Å². The number of thiazole rings is 1. The van der Waals surface area contributed by atoms with Gasteiger partial charge in [-0.2, -0.15) is 0 Å². The third-order valence-electron chi connectivity index (χ3n) is 3.22. The number of anilines is 2. The van der Waals surface area contributed by atoms with E-state index in [1.807, 2.05) is 0 Å². The average molecular weight is 240 g/mol. The Labute approximate surface area is 101 Å². The van der Waals surface area contributed by atoms with E-state index in [1.165, 1.54) is 43.8 Å². The van der Waals surface area contributed by atoms with E-state index >= 15 is 0 Å². The second-order valence-corrected chi connectivity index (χ2v) is 5.39. The van der Waals surface area contributed by atoms with Crippen molar-refractivity contribution >= 4 is 21.5 Å². The van der Waals surface area contributed by atoms with Gasteiger partial charge in [-0.1, -0.05) is 18.3 Å². The number of rotatable bonds is 4. The van der Waals surface area contributed by atoms with Gasteiger partial charge < -0.3 is 16.0 Å². The zero-order valence-corrected chi connectivity index (χ0v) is 10.6. The van der Waals surface area contributed by atoms with Crippen molar-refractivity contribution in [1.29, 1.82) is 0 Å². The third kappa shape index (κ3) is 3.09. The van der Waals surface area contributed by atoms with Crippen molar-refractivity contribution in [1.82, 2.24) is 9.88 Å². The van der Waals surface area contributed by atoms with Gasteiger partial charge in [0.25, 0.3) is 0 Å². The van der Waals surface area contributed by atoms with Crippen LogP contribution < -0.4 is 11.1 Å². The number of piperidine rings is 1. The van der Waals surface area contributed by atoms with Crippen LogP contribution in [0.5, 0.6) is 0 Å². The molecule has 1 aliphatic heterocycles. The van der Waals surface area contributed by atoms with Crippen LogP contribution in [0, 0.1) is 5.92 Å². The summed E-state index contributed by atoms with van der Waals surface area (Å²) in [7, 11) is 0. The van der Waals surface area contributed by atoms with E-state index in [0.29, 0.717) is 0 Å². The molecule has 0 spiro atoms. The lowest BCUT2D eigenvalue weighted by atomic mass is 9.97. The minimum atomic E-state index is 0.781. The number of aromatic nitrogens is 1. The van der Waals surface area contributed by atoms with Crippen LogP contribution in [0.3, 0.4) is 0 Å². The quantitative estimate of drug-likeness (QED) is 0.843. The summed E-state index contributed by atoms with van der Waals surface area (Å²) in [5.74, 6) is 0.785. The molecule has 1 aliphatic rings. The summed E-state index contributed by atoms with van der Waals surface area (Å²) in [6.45, 7) is 6.93. The number of likely N-dealkylation sites (tertiary alicyclic amines) is 1. The highest BCUT2D eigenvalue weighted by Gasteiger charge is 2.17. The first-order chi connectivity index (χ1) is 7.78. The van der Waals surface area contributed by atoms with Gasteiger partial charge in [-0.15, -0.1) is 0 Å². The lowest BCUT2D eigenvalue weighted by molar-refractivity contribution is 0.198. The molecule has 1 saturated heterocycles. The van der Waals surface area contributed by atoms with Gasteiger partial charge in [-0.05, 0) is 38.4 Å². The topological polar surface area (TPSA) is 54.2 Å². The summed E-state index contributed by atoms with van der Waals surface area (Å²) in [6, 6.07) is 0. The van der Waals surface area contributed by atoms with E-state index in [-0.39, 0.29) is 0 Å². The Morgan fingerprint density at radius 2 is 2.31 bits per heavy atom. The van der Waals surface area contributed by atoms with E-state index in [4.69, 9.17) is 5.73 Å². The SMILES string of the molecule is CCN1CCC(CNc2ncc(N)s2)CC1. The first kappa shape index (κ1) is 11.7. The first-order valence-electron chi connectivity index (χ1n) is 5.95. The molecule has 5 heteroatoms. The van der Waals surface area contributed by atoms with Crippen LogP contribution in [0.1, 0.15) is 19.8 Å². The Bertz CT molecular complexity index is 318. The molecule has 1 fully saturated rings. The molecule has 0 aromatic carbocycles. The molecule has 16 heavy (non-hydrogen) atoms. The number of hydrogen-bond donors (Lipinski definition) is 2. The summed E-state index contributed by atoms with van der Waals surface area (Å²) in [6.07, 6.45) is 4.30. The summed E-state index contributed by atoms with van der Waals surface area (Å²) in [5.41, 5.74) is 5.63. The van der Waals surface area contributed by atoms with Crippen LogP contribution >= 0.6 is 11.3 Å². The Hall–Kier alpha value is -0.810. The Morgan fingerprint density at radius 1 is 1.56 bits per heavy atom. The first-order valence-corrected chi connectivity index (χ1v) is 6.77. The molecule has 0 unspecified atom stereocenters. The molecule has 2 heterocycles. The van der Waals surface area contributed by atoms with Gasteiger partial charge in [0, 0.05) is 6.54 Å². The summed E-state index contributed by atoms with van der Waals surface area (Å²) >= 11 is 1.53. The lowest BCUT2D eigenvalue weighted by Gasteiger charge is -2.30. The molecule has 1 aromatic rings. The van der Waals surface area contributed by atoms with Crippen molar-refractivity contribution in [2.24, 2.45) is 5.92 Å². The maximum atomic E-state index is 5.63. The van der Waals surface area contributed by atoms with Gasteiger partial charge in [-0.3, -0.25) is 0 Å². The van der Waals surface area contributed by atoms with E-state index in [9.17, 15) is 0 Å². The molecule has 0 saturated carbocycles. The highest BCUT2D eigenvalue weighted by atomic mass is 32.1. The fraction of sp³-hybridized carbons (Fsp3) is 0.727. The number of nitrogens with two attached hydrogens (primary N) is 1. The van der Waals surface area contributed by atoms with Crippen molar-refractivity contribution in [2.45, 2.75) is 19.8 Å². The standard InChI is InChI=1S/C11H20N4S/c1-2-15-5-3-9(4-6-15)7-13-11-14-8-10(12)16-11/h8-9H,2-7,12H2,1H3,(H,13,14). The smallest absolute Gasteiger partial charge is 0.184 e. The molecule has 0 bridgehead atoms. The number of nitrogens with zero attached hydrogens (tertiary/aromatic N) is 2. The van der Waals surface area contributed by atoms with Crippen molar-refractivity contribution in [3.8, 4) is 0 Å². The van der Waals surface area contributed by atoms with Crippen molar-refractivity contribution in [2.75, 3.05) is 37.2 Å². The van der Waals surface area contributed by atoms with Crippen molar-refractivity contribution in [3.05, 3.63) is 6.20 Å². The molecule has 2 rings (SSSR count). The van der Waals surface area contributed by atoms with Gasteiger partial charge in [-0.25, -0.2) is 4.98 Å². The maximum Gasteiger partial charge on any atom is 0.184 e. The molecule has 0 radical (unpaired) electrons. The molecule has 90 valence electrons. The van der Waals surface area contributed by atoms with Crippen LogP contribution in [0.2, 0.25) is 0 Å². The van der Waals surface area contributed by atoms with Crippen molar-refractivity contribution in [3.63, 3.8) is 0 Å². The van der Waals surface area contributed by atoms with E-state index < -0.39 is 0 Å². The predicted molar refractivity (Wildman–Crippen MR) is 69.9 cm³/mol. The van der Waals surface area contributed by atoms with E-state index in [2.05, 4.69) is 22.1 Å². The molecule has 1 aromatic heterocycles. The van der Waals surface area contributed by atoms with Crippen molar-refractivity contribution < 1.29 is 0 Å². The number of nitrogens with one attached hydrogen (secondary N) is 1. The summed E-state index contributed by atoms with van der Waals surface area (Å²) in [5, 5.41) is 5.11. The maximum absolute atomic E-state index is 5.63. The zero-order chi connectivity index (χ0) is 11.4. The highest BCUT2D eigenvalue weighted by Crippen LogP contribution is 2.22. The summed E-state index contributed by atoms with van der Waals surface area (Å²) < 4.78 is 0. The molecular weight excluding hydrogens is 220 g/mol. The monoisotopic (exact) mass is 240 g/mol. The molecule has 4 nitrogen and oxygen atoms in total. The van der Waals surface area contributed by atoms with Crippen LogP contribution in [0.4, 0.5) is 10.1 Å². The molecular formula is C11H20N4S. The Balaban J connectivity index is 1.71. The second kappa shape index (κ2) is 5.50. The van der Waals surface area contributed by atoms with Gasteiger partial charge in [0.05, 0.1) is 6.20 Å². The molecule has 0 aliphatic carbocycles. The zero-order valence-electron chi connectivity index (χ0n) is 9.78.